The third-order valence-electron chi connectivity index (χ3n) is 4.75. The Labute approximate surface area is 125 Å². The van der Waals surface area contributed by atoms with Crippen LogP contribution in [0, 0.1) is 5.82 Å². The van der Waals surface area contributed by atoms with E-state index in [9.17, 15) is 4.39 Å². The molecule has 2 bridgehead atoms. The standard InChI is InChI=1S/C16H22ClFN2/c1-2-20(10-11-7-12(17)3-6-16(11)18)15-8-13-4-5-14(9-15)19-13/h3,6-7,13-15,19H,2,4-5,8-10H2,1H3. The van der Waals surface area contributed by atoms with Crippen molar-refractivity contribution in [2.75, 3.05) is 6.54 Å². The van der Waals surface area contributed by atoms with Gasteiger partial charge in [0.15, 0.2) is 0 Å². The highest BCUT2D eigenvalue weighted by Gasteiger charge is 2.35. The van der Waals surface area contributed by atoms with Crippen LogP contribution in [0.15, 0.2) is 18.2 Å². The number of piperidine rings is 1. The number of hydrogen-bond acceptors (Lipinski definition) is 2. The molecule has 0 saturated carbocycles. The van der Waals surface area contributed by atoms with Gasteiger partial charge in [-0.15, -0.1) is 0 Å². The first kappa shape index (κ1) is 14.3. The highest BCUT2D eigenvalue weighted by Crippen LogP contribution is 2.30. The molecule has 0 aliphatic carbocycles. The van der Waals surface area contributed by atoms with E-state index in [2.05, 4.69) is 17.1 Å². The highest BCUT2D eigenvalue weighted by atomic mass is 35.5. The highest BCUT2D eigenvalue weighted by molar-refractivity contribution is 6.30. The van der Waals surface area contributed by atoms with Crippen LogP contribution in [0.4, 0.5) is 4.39 Å². The van der Waals surface area contributed by atoms with E-state index < -0.39 is 0 Å². The molecule has 2 fully saturated rings. The fourth-order valence-corrected chi connectivity index (χ4v) is 3.90. The fourth-order valence-electron chi connectivity index (χ4n) is 3.71. The van der Waals surface area contributed by atoms with Crippen LogP contribution < -0.4 is 5.32 Å². The number of hydrogen-bond donors (Lipinski definition) is 1. The molecule has 4 heteroatoms. The van der Waals surface area contributed by atoms with Crippen molar-refractivity contribution in [1.82, 2.24) is 10.2 Å². The lowest BCUT2D eigenvalue weighted by Gasteiger charge is -2.37. The molecule has 2 heterocycles. The molecular weight excluding hydrogens is 275 g/mol. The maximum Gasteiger partial charge on any atom is 0.127 e. The minimum absolute atomic E-state index is 0.148. The summed E-state index contributed by atoms with van der Waals surface area (Å²) in [4.78, 5) is 2.40. The van der Waals surface area contributed by atoms with Gasteiger partial charge in [-0.05, 0) is 50.4 Å². The number of nitrogens with one attached hydrogen (secondary N) is 1. The molecule has 2 aliphatic heterocycles. The van der Waals surface area contributed by atoms with E-state index in [1.165, 1.54) is 31.7 Å². The van der Waals surface area contributed by atoms with Crippen molar-refractivity contribution in [2.24, 2.45) is 0 Å². The van der Waals surface area contributed by atoms with Crippen LogP contribution in [0.3, 0.4) is 0 Å². The maximum atomic E-state index is 13.9. The van der Waals surface area contributed by atoms with Gasteiger partial charge in [0.25, 0.3) is 0 Å². The minimum Gasteiger partial charge on any atom is -0.311 e. The first-order chi connectivity index (χ1) is 9.65. The Balaban J connectivity index is 1.72. The van der Waals surface area contributed by atoms with E-state index in [0.29, 0.717) is 35.3 Å². The fraction of sp³-hybridized carbons (Fsp3) is 0.625. The van der Waals surface area contributed by atoms with Gasteiger partial charge in [-0.1, -0.05) is 18.5 Å². The molecule has 20 heavy (non-hydrogen) atoms. The average Bonchev–Trinajstić information content (AvgIpc) is 2.78. The third-order valence-corrected chi connectivity index (χ3v) is 4.99. The van der Waals surface area contributed by atoms with E-state index in [4.69, 9.17) is 11.6 Å². The number of fused-ring (bicyclic) bond motifs is 2. The van der Waals surface area contributed by atoms with Gasteiger partial charge in [-0.3, -0.25) is 4.90 Å². The van der Waals surface area contributed by atoms with Gasteiger partial charge in [0.05, 0.1) is 0 Å². The predicted octanol–water partition coefficient (Wildman–Crippen LogP) is 3.58. The van der Waals surface area contributed by atoms with Gasteiger partial charge >= 0.3 is 0 Å². The Morgan fingerprint density at radius 2 is 2.00 bits per heavy atom. The smallest absolute Gasteiger partial charge is 0.127 e. The zero-order chi connectivity index (χ0) is 14.1. The first-order valence-corrected chi connectivity index (χ1v) is 7.97. The molecule has 0 radical (unpaired) electrons. The van der Waals surface area contributed by atoms with Gasteiger partial charge in [-0.2, -0.15) is 0 Å². The number of benzene rings is 1. The molecule has 3 rings (SSSR count). The van der Waals surface area contributed by atoms with Gasteiger partial charge in [0.2, 0.25) is 0 Å². The molecule has 2 atom stereocenters. The van der Waals surface area contributed by atoms with Crippen molar-refractivity contribution in [1.29, 1.82) is 0 Å². The van der Waals surface area contributed by atoms with E-state index in [0.717, 1.165) is 6.54 Å². The summed E-state index contributed by atoms with van der Waals surface area (Å²) in [5.41, 5.74) is 0.713. The summed E-state index contributed by atoms with van der Waals surface area (Å²) in [5, 5.41) is 4.28. The van der Waals surface area contributed by atoms with Crippen molar-refractivity contribution in [3.05, 3.63) is 34.6 Å². The van der Waals surface area contributed by atoms with Crippen molar-refractivity contribution < 1.29 is 4.39 Å². The largest absolute Gasteiger partial charge is 0.311 e. The van der Waals surface area contributed by atoms with E-state index in [1.807, 2.05) is 0 Å². The Kier molecular flexibility index (Phi) is 4.29. The van der Waals surface area contributed by atoms with Crippen LogP contribution in [0.25, 0.3) is 0 Å². The van der Waals surface area contributed by atoms with E-state index >= 15 is 0 Å². The summed E-state index contributed by atoms with van der Waals surface area (Å²) < 4.78 is 13.9. The zero-order valence-electron chi connectivity index (χ0n) is 11.9. The lowest BCUT2D eigenvalue weighted by Crippen LogP contribution is -2.48. The van der Waals surface area contributed by atoms with Crippen LogP contribution in [-0.4, -0.2) is 29.6 Å². The maximum absolute atomic E-state index is 13.9. The Morgan fingerprint density at radius 1 is 1.30 bits per heavy atom. The average molecular weight is 297 g/mol. The normalized spacial score (nSPS) is 29.1. The van der Waals surface area contributed by atoms with Crippen LogP contribution in [0.5, 0.6) is 0 Å². The lowest BCUT2D eigenvalue weighted by atomic mass is 9.97. The second-order valence-corrected chi connectivity index (χ2v) is 6.50. The molecule has 2 unspecified atom stereocenters. The van der Waals surface area contributed by atoms with Crippen LogP contribution >= 0.6 is 11.6 Å². The summed E-state index contributed by atoms with van der Waals surface area (Å²) in [5.74, 6) is -0.148. The minimum atomic E-state index is -0.148. The predicted molar refractivity (Wildman–Crippen MR) is 80.5 cm³/mol. The Bertz CT molecular complexity index is 468. The second-order valence-electron chi connectivity index (χ2n) is 6.06. The zero-order valence-corrected chi connectivity index (χ0v) is 12.7. The van der Waals surface area contributed by atoms with Gasteiger partial charge < -0.3 is 5.32 Å². The van der Waals surface area contributed by atoms with Crippen LogP contribution in [0.2, 0.25) is 5.02 Å². The monoisotopic (exact) mass is 296 g/mol. The molecule has 1 aromatic carbocycles. The topological polar surface area (TPSA) is 15.3 Å². The SMILES string of the molecule is CCN(Cc1cc(Cl)ccc1F)C1CC2CCC(C1)N2. The molecule has 0 amide bonds. The van der Waals surface area contributed by atoms with Crippen molar-refractivity contribution in [2.45, 2.75) is 57.3 Å². The van der Waals surface area contributed by atoms with Gasteiger partial charge in [0, 0.05) is 35.3 Å². The molecule has 2 nitrogen and oxygen atoms in total. The molecule has 0 spiro atoms. The number of halogens is 2. The molecule has 1 aromatic rings. The number of rotatable bonds is 4. The van der Waals surface area contributed by atoms with Crippen LogP contribution in [-0.2, 0) is 6.54 Å². The first-order valence-electron chi connectivity index (χ1n) is 7.59. The molecule has 2 saturated heterocycles. The van der Waals surface area contributed by atoms with Crippen LogP contribution in [0.1, 0.15) is 38.2 Å². The Morgan fingerprint density at radius 3 is 2.65 bits per heavy atom. The third kappa shape index (κ3) is 3.00. The van der Waals surface area contributed by atoms with Gasteiger partial charge in [0.1, 0.15) is 5.82 Å². The van der Waals surface area contributed by atoms with Gasteiger partial charge in [-0.25, -0.2) is 4.39 Å². The molecular formula is C16H22ClFN2. The summed E-state index contributed by atoms with van der Waals surface area (Å²) >= 11 is 5.99. The molecule has 2 aliphatic rings. The van der Waals surface area contributed by atoms with Crippen molar-refractivity contribution in [3.63, 3.8) is 0 Å². The molecule has 0 aromatic heterocycles. The molecule has 1 N–H and O–H groups in total. The quantitative estimate of drug-likeness (QED) is 0.913. The summed E-state index contributed by atoms with van der Waals surface area (Å²) in [6.07, 6.45) is 4.97. The number of nitrogens with zero attached hydrogens (tertiary/aromatic N) is 1. The van der Waals surface area contributed by atoms with E-state index in [1.54, 1.807) is 12.1 Å². The summed E-state index contributed by atoms with van der Waals surface area (Å²) in [6.45, 7) is 3.77. The van der Waals surface area contributed by atoms with Crippen molar-refractivity contribution in [3.8, 4) is 0 Å². The lowest BCUT2D eigenvalue weighted by molar-refractivity contribution is 0.139. The van der Waals surface area contributed by atoms with E-state index in [-0.39, 0.29) is 5.82 Å². The summed E-state index contributed by atoms with van der Waals surface area (Å²) in [6, 6.07) is 6.74. The Hall–Kier alpha value is -0.640. The second kappa shape index (κ2) is 6.00. The van der Waals surface area contributed by atoms with Crippen molar-refractivity contribution >= 4 is 11.6 Å². The summed E-state index contributed by atoms with van der Waals surface area (Å²) in [7, 11) is 0. The molecule has 110 valence electrons.